The van der Waals surface area contributed by atoms with E-state index in [0.717, 1.165) is 15.7 Å². The first-order chi connectivity index (χ1) is 6.75. The molecule has 0 aliphatic carbocycles. The monoisotopic (exact) mass is 224 g/mol. The van der Waals surface area contributed by atoms with Gasteiger partial charge in [-0.25, -0.2) is 4.98 Å². The van der Waals surface area contributed by atoms with Gasteiger partial charge in [-0.05, 0) is 26.2 Å². The van der Waals surface area contributed by atoms with Crippen LogP contribution in [0.5, 0.6) is 0 Å². The molecule has 0 saturated heterocycles. The molecule has 4 heteroatoms. The Hall–Kier alpha value is -0.580. The second kappa shape index (κ2) is 4.29. The molecule has 0 amide bonds. The molecular formula is C10H12N2S2. The van der Waals surface area contributed by atoms with Gasteiger partial charge in [0.25, 0.3) is 0 Å². The van der Waals surface area contributed by atoms with Gasteiger partial charge < -0.3 is 0 Å². The van der Waals surface area contributed by atoms with Crippen molar-refractivity contribution in [3.8, 4) is 0 Å². The molecule has 0 saturated carbocycles. The van der Waals surface area contributed by atoms with Gasteiger partial charge in [-0.15, -0.1) is 11.3 Å². The van der Waals surface area contributed by atoms with Crippen molar-refractivity contribution in [2.24, 2.45) is 0 Å². The summed E-state index contributed by atoms with van der Waals surface area (Å²) in [5.41, 5.74) is 1.11. The van der Waals surface area contributed by atoms with Gasteiger partial charge in [0.05, 0.1) is 16.1 Å². The zero-order valence-electron chi connectivity index (χ0n) is 8.23. The van der Waals surface area contributed by atoms with Crippen molar-refractivity contribution >= 4 is 33.3 Å². The van der Waals surface area contributed by atoms with Crippen LogP contribution in [-0.4, -0.2) is 29.9 Å². The van der Waals surface area contributed by atoms with Crippen molar-refractivity contribution in [3.05, 3.63) is 24.3 Å². The van der Waals surface area contributed by atoms with Gasteiger partial charge in [0.15, 0.2) is 4.34 Å². The van der Waals surface area contributed by atoms with Gasteiger partial charge >= 0.3 is 0 Å². The maximum atomic E-state index is 4.54. The van der Waals surface area contributed by atoms with Gasteiger partial charge in [0.1, 0.15) is 0 Å². The van der Waals surface area contributed by atoms with E-state index in [1.165, 1.54) is 4.70 Å². The molecule has 0 atom stereocenters. The molecule has 74 valence electrons. The van der Waals surface area contributed by atoms with E-state index >= 15 is 0 Å². The standard InChI is InChI=1S/C10H12N2S2/c1-12(2)7-13-10-11-8-5-3-4-6-9(8)14-10/h3-6H,7H2,1-2H3. The molecule has 0 unspecified atom stereocenters. The highest BCUT2D eigenvalue weighted by molar-refractivity contribution is 8.01. The topological polar surface area (TPSA) is 16.1 Å². The summed E-state index contributed by atoms with van der Waals surface area (Å²) in [6.45, 7) is 0. The number of hydrogen-bond donors (Lipinski definition) is 0. The molecule has 0 aliphatic heterocycles. The Morgan fingerprint density at radius 2 is 2.14 bits per heavy atom. The van der Waals surface area contributed by atoms with E-state index in [0.29, 0.717) is 0 Å². The first-order valence-electron chi connectivity index (χ1n) is 4.39. The van der Waals surface area contributed by atoms with Crippen LogP contribution in [0.4, 0.5) is 0 Å². The first-order valence-corrected chi connectivity index (χ1v) is 6.19. The Balaban J connectivity index is 2.19. The molecule has 0 spiro atoms. The van der Waals surface area contributed by atoms with E-state index in [1.807, 2.05) is 6.07 Å². The van der Waals surface area contributed by atoms with E-state index in [1.54, 1.807) is 23.1 Å². The Bertz CT molecular complexity index is 390. The van der Waals surface area contributed by atoms with Crippen LogP contribution in [0.2, 0.25) is 0 Å². The van der Waals surface area contributed by atoms with E-state index < -0.39 is 0 Å². The predicted molar refractivity (Wildman–Crippen MR) is 64.0 cm³/mol. The van der Waals surface area contributed by atoms with E-state index in [-0.39, 0.29) is 0 Å². The first kappa shape index (κ1) is 9.96. The number of para-hydroxylation sites is 1. The molecule has 1 aromatic heterocycles. The van der Waals surface area contributed by atoms with Crippen molar-refractivity contribution in [1.82, 2.24) is 9.88 Å². The molecule has 2 aromatic rings. The van der Waals surface area contributed by atoms with Gasteiger partial charge in [-0.1, -0.05) is 23.9 Å². The Morgan fingerprint density at radius 1 is 1.36 bits per heavy atom. The second-order valence-corrected chi connectivity index (χ2v) is 5.52. The van der Waals surface area contributed by atoms with Crippen molar-refractivity contribution in [2.75, 3.05) is 20.0 Å². The minimum Gasteiger partial charge on any atom is -0.300 e. The molecule has 1 heterocycles. The second-order valence-electron chi connectivity index (χ2n) is 3.30. The quantitative estimate of drug-likeness (QED) is 0.589. The predicted octanol–water partition coefficient (Wildman–Crippen LogP) is 2.91. The minimum atomic E-state index is 0.986. The third kappa shape index (κ3) is 2.26. The zero-order valence-corrected chi connectivity index (χ0v) is 9.86. The average Bonchev–Trinajstić information content (AvgIpc) is 2.57. The lowest BCUT2D eigenvalue weighted by molar-refractivity contribution is 0.485. The summed E-state index contributed by atoms with van der Waals surface area (Å²) in [6.07, 6.45) is 0. The van der Waals surface area contributed by atoms with Crippen LogP contribution >= 0.6 is 23.1 Å². The smallest absolute Gasteiger partial charge is 0.152 e. The normalized spacial score (nSPS) is 11.4. The number of thiazole rings is 1. The van der Waals surface area contributed by atoms with Crippen molar-refractivity contribution in [3.63, 3.8) is 0 Å². The Labute approximate surface area is 92.0 Å². The third-order valence-corrected chi connectivity index (χ3v) is 4.14. The van der Waals surface area contributed by atoms with Crippen molar-refractivity contribution in [2.45, 2.75) is 4.34 Å². The molecule has 1 aromatic carbocycles. The van der Waals surface area contributed by atoms with E-state index in [9.17, 15) is 0 Å². The van der Waals surface area contributed by atoms with Crippen LogP contribution in [0.15, 0.2) is 28.6 Å². The van der Waals surface area contributed by atoms with Crippen LogP contribution in [0.1, 0.15) is 0 Å². The minimum absolute atomic E-state index is 0.986. The third-order valence-electron chi connectivity index (χ3n) is 1.72. The number of thioether (sulfide) groups is 1. The lowest BCUT2D eigenvalue weighted by Gasteiger charge is -2.05. The number of rotatable bonds is 3. The Morgan fingerprint density at radius 3 is 2.86 bits per heavy atom. The molecule has 2 nitrogen and oxygen atoms in total. The fourth-order valence-electron chi connectivity index (χ4n) is 1.10. The summed E-state index contributed by atoms with van der Waals surface area (Å²) in [7, 11) is 4.14. The lowest BCUT2D eigenvalue weighted by Crippen LogP contribution is -2.09. The average molecular weight is 224 g/mol. The van der Waals surface area contributed by atoms with Crippen LogP contribution in [0.3, 0.4) is 0 Å². The molecule has 0 bridgehead atoms. The van der Waals surface area contributed by atoms with Crippen molar-refractivity contribution < 1.29 is 0 Å². The molecular weight excluding hydrogens is 212 g/mol. The summed E-state index contributed by atoms with van der Waals surface area (Å²) < 4.78 is 2.42. The van der Waals surface area contributed by atoms with E-state index in [2.05, 4.69) is 42.2 Å². The van der Waals surface area contributed by atoms with Gasteiger partial charge in [-0.3, -0.25) is 4.90 Å². The molecule has 2 rings (SSSR count). The SMILES string of the molecule is CN(C)CSc1nc2ccccc2s1. The van der Waals surface area contributed by atoms with Crippen molar-refractivity contribution in [1.29, 1.82) is 0 Å². The van der Waals surface area contributed by atoms with Gasteiger partial charge in [0.2, 0.25) is 0 Å². The Kier molecular flexibility index (Phi) is 3.05. The molecule has 0 radical (unpaired) electrons. The van der Waals surface area contributed by atoms with Crippen LogP contribution < -0.4 is 0 Å². The number of nitrogens with zero attached hydrogens (tertiary/aromatic N) is 2. The fourth-order valence-corrected chi connectivity index (χ4v) is 2.99. The molecule has 0 fully saturated rings. The van der Waals surface area contributed by atoms with Gasteiger partial charge in [-0.2, -0.15) is 0 Å². The summed E-state index contributed by atoms with van der Waals surface area (Å²) in [6, 6.07) is 8.27. The van der Waals surface area contributed by atoms with E-state index in [4.69, 9.17) is 0 Å². The highest BCUT2D eigenvalue weighted by Crippen LogP contribution is 2.29. The van der Waals surface area contributed by atoms with Crippen LogP contribution in [0, 0.1) is 0 Å². The maximum Gasteiger partial charge on any atom is 0.152 e. The fraction of sp³-hybridized carbons (Fsp3) is 0.300. The number of hydrogen-bond acceptors (Lipinski definition) is 4. The zero-order chi connectivity index (χ0) is 9.97. The number of benzene rings is 1. The van der Waals surface area contributed by atoms with Crippen LogP contribution in [-0.2, 0) is 0 Å². The molecule has 0 N–H and O–H groups in total. The number of fused-ring (bicyclic) bond motifs is 1. The summed E-state index contributed by atoms with van der Waals surface area (Å²) >= 11 is 3.55. The largest absolute Gasteiger partial charge is 0.300 e. The maximum absolute atomic E-state index is 4.54. The lowest BCUT2D eigenvalue weighted by atomic mass is 10.3. The van der Waals surface area contributed by atoms with Gasteiger partial charge in [0, 0.05) is 0 Å². The summed E-state index contributed by atoms with van der Waals surface area (Å²) in [4.78, 5) is 6.69. The molecule has 0 aliphatic rings. The molecule has 14 heavy (non-hydrogen) atoms. The highest BCUT2D eigenvalue weighted by atomic mass is 32.2. The van der Waals surface area contributed by atoms with Crippen LogP contribution in [0.25, 0.3) is 10.2 Å². The summed E-state index contributed by atoms with van der Waals surface area (Å²) in [5, 5.41) is 0. The summed E-state index contributed by atoms with van der Waals surface area (Å²) in [5.74, 6) is 0.986. The highest BCUT2D eigenvalue weighted by Gasteiger charge is 2.03. The number of aromatic nitrogens is 1.